The van der Waals surface area contributed by atoms with Crippen molar-refractivity contribution in [2.45, 2.75) is 20.1 Å². The van der Waals surface area contributed by atoms with Crippen LogP contribution in [-0.4, -0.2) is 12.2 Å². The van der Waals surface area contributed by atoms with Crippen molar-refractivity contribution in [1.29, 1.82) is 0 Å². The second-order valence-electron chi connectivity index (χ2n) is 4.53. The number of aryl methyl sites for hydroxylation is 1. The number of benzene rings is 2. The molecule has 100 valence electrons. The van der Waals surface area contributed by atoms with E-state index in [4.69, 9.17) is 10.5 Å². The quantitative estimate of drug-likeness (QED) is 0.885. The van der Waals surface area contributed by atoms with E-state index in [1.165, 1.54) is 5.56 Å². The normalized spacial score (nSPS) is 10.5. The van der Waals surface area contributed by atoms with Gasteiger partial charge in [0.1, 0.15) is 5.75 Å². The lowest BCUT2D eigenvalue weighted by Crippen LogP contribution is -2.00. The molecule has 2 rings (SSSR count). The van der Waals surface area contributed by atoms with Crippen molar-refractivity contribution in [1.82, 2.24) is 0 Å². The summed E-state index contributed by atoms with van der Waals surface area (Å²) in [4.78, 5) is 0. The van der Waals surface area contributed by atoms with Crippen molar-refractivity contribution in [2.75, 3.05) is 7.11 Å². The van der Waals surface area contributed by atoms with Crippen LogP contribution in [0.1, 0.15) is 16.7 Å². The fourth-order valence-electron chi connectivity index (χ4n) is 2.17. The van der Waals surface area contributed by atoms with E-state index in [-0.39, 0.29) is 6.61 Å². The minimum absolute atomic E-state index is 0.0155. The molecule has 0 atom stereocenters. The van der Waals surface area contributed by atoms with E-state index in [9.17, 15) is 5.11 Å². The molecule has 0 aromatic heterocycles. The molecule has 3 nitrogen and oxygen atoms in total. The molecule has 2 aromatic rings. The third kappa shape index (κ3) is 2.78. The fourth-order valence-corrected chi connectivity index (χ4v) is 2.17. The number of methoxy groups -OCH3 is 1. The summed E-state index contributed by atoms with van der Waals surface area (Å²) in [5, 5.41) is 9.50. The van der Waals surface area contributed by atoms with Crippen LogP contribution < -0.4 is 10.5 Å². The SMILES string of the molecule is COc1ccc(-c2ccc(C)c(CN)c2)c(CO)c1. The van der Waals surface area contributed by atoms with Crippen molar-refractivity contribution in [3.63, 3.8) is 0 Å². The predicted molar refractivity (Wildman–Crippen MR) is 77.0 cm³/mol. The van der Waals surface area contributed by atoms with Crippen LogP contribution in [0.3, 0.4) is 0 Å². The number of hydrogen-bond donors (Lipinski definition) is 2. The average Bonchev–Trinajstić information content (AvgIpc) is 2.47. The summed E-state index contributed by atoms with van der Waals surface area (Å²) in [5.41, 5.74) is 11.0. The molecule has 0 bridgehead atoms. The van der Waals surface area contributed by atoms with Crippen molar-refractivity contribution in [2.24, 2.45) is 5.73 Å². The van der Waals surface area contributed by atoms with E-state index in [1.807, 2.05) is 25.1 Å². The Bertz CT molecular complexity index is 579. The van der Waals surface area contributed by atoms with Crippen LogP contribution in [-0.2, 0) is 13.2 Å². The van der Waals surface area contributed by atoms with Gasteiger partial charge in [-0.15, -0.1) is 0 Å². The largest absolute Gasteiger partial charge is 0.497 e. The lowest BCUT2D eigenvalue weighted by Gasteiger charge is -2.12. The molecule has 3 N–H and O–H groups in total. The highest BCUT2D eigenvalue weighted by atomic mass is 16.5. The van der Waals surface area contributed by atoms with Crippen LogP contribution in [0, 0.1) is 6.92 Å². The van der Waals surface area contributed by atoms with Crippen LogP contribution in [0.25, 0.3) is 11.1 Å². The molecule has 3 heteroatoms. The van der Waals surface area contributed by atoms with Crippen LogP contribution in [0.4, 0.5) is 0 Å². The Kier molecular flexibility index (Phi) is 4.20. The van der Waals surface area contributed by atoms with E-state index in [0.717, 1.165) is 28.0 Å². The second-order valence-corrected chi connectivity index (χ2v) is 4.53. The summed E-state index contributed by atoms with van der Waals surface area (Å²) in [6, 6.07) is 11.9. The van der Waals surface area contributed by atoms with Gasteiger partial charge in [-0.25, -0.2) is 0 Å². The Balaban J connectivity index is 2.52. The Labute approximate surface area is 113 Å². The zero-order valence-electron chi connectivity index (χ0n) is 11.3. The van der Waals surface area contributed by atoms with Gasteiger partial charge in [0.2, 0.25) is 0 Å². The number of ether oxygens (including phenoxy) is 1. The van der Waals surface area contributed by atoms with Gasteiger partial charge in [-0.05, 0) is 52.9 Å². The lowest BCUT2D eigenvalue weighted by atomic mass is 9.96. The third-order valence-electron chi connectivity index (χ3n) is 3.36. The number of hydrogen-bond acceptors (Lipinski definition) is 3. The molecule has 0 heterocycles. The van der Waals surface area contributed by atoms with Crippen LogP contribution in [0.5, 0.6) is 5.75 Å². The van der Waals surface area contributed by atoms with Gasteiger partial charge in [0.25, 0.3) is 0 Å². The summed E-state index contributed by atoms with van der Waals surface area (Å²) >= 11 is 0. The Hall–Kier alpha value is -1.84. The Morgan fingerprint density at radius 2 is 1.89 bits per heavy atom. The summed E-state index contributed by atoms with van der Waals surface area (Å²) in [5.74, 6) is 0.749. The van der Waals surface area contributed by atoms with Crippen LogP contribution >= 0.6 is 0 Å². The van der Waals surface area contributed by atoms with Gasteiger partial charge in [-0.1, -0.05) is 18.2 Å². The molecule has 0 amide bonds. The van der Waals surface area contributed by atoms with Gasteiger partial charge in [-0.3, -0.25) is 0 Å². The first-order chi connectivity index (χ1) is 9.19. The summed E-state index contributed by atoms with van der Waals surface area (Å²) < 4.78 is 5.18. The molecule has 0 saturated heterocycles. The first kappa shape index (κ1) is 13.6. The molecule has 0 fully saturated rings. The molecule has 0 saturated carbocycles. The maximum absolute atomic E-state index is 9.50. The highest BCUT2D eigenvalue weighted by Crippen LogP contribution is 2.29. The summed E-state index contributed by atoms with van der Waals surface area (Å²) in [7, 11) is 1.62. The molecule has 19 heavy (non-hydrogen) atoms. The molecule has 0 aliphatic heterocycles. The molecule has 0 unspecified atom stereocenters. The van der Waals surface area contributed by atoms with Gasteiger partial charge >= 0.3 is 0 Å². The molecule has 0 spiro atoms. The Morgan fingerprint density at radius 3 is 2.53 bits per heavy atom. The molecule has 0 radical (unpaired) electrons. The standard InChI is InChI=1S/C16H19NO2/c1-11-3-4-12(7-13(11)9-17)16-6-5-15(19-2)8-14(16)10-18/h3-8,18H,9-10,17H2,1-2H3. The van der Waals surface area contributed by atoms with Crippen molar-refractivity contribution in [3.8, 4) is 16.9 Å². The van der Waals surface area contributed by atoms with Gasteiger partial charge < -0.3 is 15.6 Å². The van der Waals surface area contributed by atoms with Gasteiger partial charge in [0.15, 0.2) is 0 Å². The number of nitrogens with two attached hydrogens (primary N) is 1. The first-order valence-electron chi connectivity index (χ1n) is 6.27. The summed E-state index contributed by atoms with van der Waals surface area (Å²) in [6.07, 6.45) is 0. The van der Waals surface area contributed by atoms with E-state index in [0.29, 0.717) is 6.54 Å². The predicted octanol–water partition coefficient (Wildman–Crippen LogP) is 2.62. The van der Waals surface area contributed by atoms with Gasteiger partial charge in [0.05, 0.1) is 13.7 Å². The fraction of sp³-hybridized carbons (Fsp3) is 0.250. The van der Waals surface area contributed by atoms with Crippen LogP contribution in [0.15, 0.2) is 36.4 Å². The average molecular weight is 257 g/mol. The Morgan fingerprint density at radius 1 is 1.11 bits per heavy atom. The van der Waals surface area contributed by atoms with E-state index in [1.54, 1.807) is 7.11 Å². The van der Waals surface area contributed by atoms with Crippen molar-refractivity contribution >= 4 is 0 Å². The molecule has 0 aliphatic carbocycles. The molecule has 2 aromatic carbocycles. The minimum atomic E-state index is -0.0155. The monoisotopic (exact) mass is 257 g/mol. The van der Waals surface area contributed by atoms with Gasteiger partial charge in [0, 0.05) is 6.54 Å². The number of aliphatic hydroxyl groups excluding tert-OH is 1. The topological polar surface area (TPSA) is 55.5 Å². The van der Waals surface area contributed by atoms with E-state index < -0.39 is 0 Å². The first-order valence-corrected chi connectivity index (χ1v) is 6.27. The van der Waals surface area contributed by atoms with E-state index in [2.05, 4.69) is 18.2 Å². The zero-order chi connectivity index (χ0) is 13.8. The number of rotatable bonds is 4. The molecular weight excluding hydrogens is 238 g/mol. The van der Waals surface area contributed by atoms with Gasteiger partial charge in [-0.2, -0.15) is 0 Å². The van der Waals surface area contributed by atoms with E-state index >= 15 is 0 Å². The molecular formula is C16H19NO2. The highest BCUT2D eigenvalue weighted by Gasteiger charge is 2.07. The zero-order valence-corrected chi connectivity index (χ0v) is 11.3. The van der Waals surface area contributed by atoms with Crippen LogP contribution in [0.2, 0.25) is 0 Å². The van der Waals surface area contributed by atoms with Crippen molar-refractivity contribution < 1.29 is 9.84 Å². The van der Waals surface area contributed by atoms with Crippen molar-refractivity contribution in [3.05, 3.63) is 53.1 Å². The second kappa shape index (κ2) is 5.87. The summed E-state index contributed by atoms with van der Waals surface area (Å²) in [6.45, 7) is 2.55. The maximum atomic E-state index is 9.50. The highest BCUT2D eigenvalue weighted by molar-refractivity contribution is 5.69. The smallest absolute Gasteiger partial charge is 0.119 e. The lowest BCUT2D eigenvalue weighted by molar-refractivity contribution is 0.281. The molecule has 0 aliphatic rings. The number of aliphatic hydroxyl groups is 1. The third-order valence-corrected chi connectivity index (χ3v) is 3.36. The minimum Gasteiger partial charge on any atom is -0.497 e. The maximum Gasteiger partial charge on any atom is 0.119 e.